The predicted molar refractivity (Wildman–Crippen MR) is 99.9 cm³/mol. The lowest BCUT2D eigenvalue weighted by atomic mass is 9.57. The number of hydrogen-bond donors (Lipinski definition) is 1. The molecule has 1 aromatic rings. The smallest absolute Gasteiger partial charge is 0.194 e. The lowest BCUT2D eigenvalue weighted by Crippen LogP contribution is -2.68. The Hall–Kier alpha value is -1.82. The van der Waals surface area contributed by atoms with E-state index in [4.69, 9.17) is 4.74 Å². The van der Waals surface area contributed by atoms with Crippen molar-refractivity contribution in [1.82, 2.24) is 15.2 Å². The summed E-state index contributed by atoms with van der Waals surface area (Å²) < 4.78 is 5.91. The van der Waals surface area contributed by atoms with E-state index < -0.39 is 0 Å². The van der Waals surface area contributed by atoms with Gasteiger partial charge in [0.25, 0.3) is 0 Å². The number of aliphatic imine (C=N–C) groups is 1. The second-order valence-electron chi connectivity index (χ2n) is 7.90. The fourth-order valence-electron chi connectivity index (χ4n) is 4.74. The summed E-state index contributed by atoms with van der Waals surface area (Å²) in [6, 6.07) is 6.55. The van der Waals surface area contributed by atoms with Crippen molar-refractivity contribution in [3.05, 3.63) is 24.4 Å². The van der Waals surface area contributed by atoms with Gasteiger partial charge in [-0.15, -0.1) is 0 Å². The third-order valence-corrected chi connectivity index (χ3v) is 6.15. The van der Waals surface area contributed by atoms with Gasteiger partial charge in [-0.3, -0.25) is 4.99 Å². The highest BCUT2D eigenvalue weighted by Gasteiger charge is 2.59. The lowest BCUT2D eigenvalue weighted by molar-refractivity contribution is -0.107. The molecule has 4 rings (SSSR count). The van der Waals surface area contributed by atoms with Crippen molar-refractivity contribution in [1.29, 1.82) is 0 Å². The molecule has 0 bridgehead atoms. The van der Waals surface area contributed by atoms with E-state index in [-0.39, 0.29) is 5.41 Å². The zero-order valence-electron chi connectivity index (χ0n) is 15.5. The van der Waals surface area contributed by atoms with Crippen molar-refractivity contribution >= 4 is 11.8 Å². The summed E-state index contributed by atoms with van der Waals surface area (Å²) in [6.07, 6.45) is 3.43. The number of fused-ring (bicyclic) bond motifs is 1. The number of ether oxygens (including phenoxy) is 1. The molecule has 3 atom stereocenters. The monoisotopic (exact) mass is 343 g/mol. The van der Waals surface area contributed by atoms with Crippen molar-refractivity contribution < 1.29 is 4.74 Å². The van der Waals surface area contributed by atoms with Gasteiger partial charge in [0.15, 0.2) is 5.96 Å². The summed E-state index contributed by atoms with van der Waals surface area (Å²) >= 11 is 0. The van der Waals surface area contributed by atoms with Gasteiger partial charge in [-0.25, -0.2) is 4.98 Å². The Balaban J connectivity index is 1.37. The van der Waals surface area contributed by atoms with Crippen molar-refractivity contribution in [3.8, 4) is 0 Å². The molecule has 3 unspecified atom stereocenters. The third-order valence-electron chi connectivity index (χ3n) is 6.15. The van der Waals surface area contributed by atoms with Crippen molar-refractivity contribution in [2.45, 2.75) is 32.4 Å². The van der Waals surface area contributed by atoms with E-state index in [1.807, 2.05) is 25.4 Å². The van der Waals surface area contributed by atoms with Crippen LogP contribution in [0.3, 0.4) is 0 Å². The summed E-state index contributed by atoms with van der Waals surface area (Å²) in [5.41, 5.74) is 0.173. The maximum absolute atomic E-state index is 5.91. The van der Waals surface area contributed by atoms with Crippen LogP contribution >= 0.6 is 0 Å². The molecule has 25 heavy (non-hydrogen) atoms. The first-order valence-electron chi connectivity index (χ1n) is 9.37. The van der Waals surface area contributed by atoms with Crippen molar-refractivity contribution in [2.75, 3.05) is 44.7 Å². The third kappa shape index (κ3) is 2.86. The molecule has 136 valence electrons. The van der Waals surface area contributed by atoms with E-state index in [0.717, 1.165) is 51.0 Å². The van der Waals surface area contributed by atoms with Gasteiger partial charge in [-0.1, -0.05) is 19.9 Å². The molecule has 6 nitrogen and oxygen atoms in total. The van der Waals surface area contributed by atoms with E-state index in [0.29, 0.717) is 18.1 Å². The van der Waals surface area contributed by atoms with Crippen LogP contribution in [0, 0.1) is 11.3 Å². The number of nitrogens with one attached hydrogen (secondary N) is 1. The molecule has 1 aliphatic carbocycles. The second kappa shape index (κ2) is 6.48. The number of piperazine rings is 1. The number of aromatic nitrogens is 1. The summed E-state index contributed by atoms with van der Waals surface area (Å²) in [7, 11) is 1.89. The Kier molecular flexibility index (Phi) is 4.31. The van der Waals surface area contributed by atoms with Crippen LogP contribution in [0.4, 0.5) is 5.82 Å². The van der Waals surface area contributed by atoms with Crippen LogP contribution in [0.15, 0.2) is 29.4 Å². The highest BCUT2D eigenvalue weighted by molar-refractivity contribution is 5.80. The fraction of sp³-hybridized carbons (Fsp3) is 0.684. The van der Waals surface area contributed by atoms with Crippen LogP contribution in [0.5, 0.6) is 0 Å². The number of hydrogen-bond acceptors (Lipinski definition) is 4. The van der Waals surface area contributed by atoms with Crippen LogP contribution in [-0.4, -0.2) is 67.8 Å². The topological polar surface area (TPSA) is 53.0 Å². The molecule has 3 fully saturated rings. The average Bonchev–Trinajstić information content (AvgIpc) is 3.11. The minimum absolute atomic E-state index is 0.173. The molecule has 2 aliphatic heterocycles. The van der Waals surface area contributed by atoms with E-state index >= 15 is 0 Å². The molecule has 0 amide bonds. The van der Waals surface area contributed by atoms with Crippen LogP contribution in [0.1, 0.15) is 20.3 Å². The number of anilines is 1. The lowest BCUT2D eigenvalue weighted by Gasteiger charge is -2.55. The predicted octanol–water partition coefficient (Wildman–Crippen LogP) is 1.59. The Morgan fingerprint density at radius 3 is 2.76 bits per heavy atom. The molecule has 3 heterocycles. The zero-order chi connectivity index (χ0) is 17.4. The zero-order valence-corrected chi connectivity index (χ0v) is 15.5. The molecule has 1 saturated carbocycles. The number of rotatable bonds is 2. The first-order valence-corrected chi connectivity index (χ1v) is 9.37. The maximum Gasteiger partial charge on any atom is 0.194 e. The van der Waals surface area contributed by atoms with Gasteiger partial charge in [0.1, 0.15) is 5.82 Å². The molecule has 1 aromatic heterocycles. The minimum Gasteiger partial charge on any atom is -0.377 e. The van der Waals surface area contributed by atoms with Crippen LogP contribution < -0.4 is 10.2 Å². The molecule has 1 N–H and O–H groups in total. The van der Waals surface area contributed by atoms with Gasteiger partial charge in [0.05, 0.1) is 6.10 Å². The quantitative estimate of drug-likeness (QED) is 0.653. The summed E-state index contributed by atoms with van der Waals surface area (Å²) in [4.78, 5) is 13.8. The van der Waals surface area contributed by atoms with Gasteiger partial charge in [-0.2, -0.15) is 0 Å². The number of pyridine rings is 1. The molecular formula is C19H29N5O. The molecule has 6 heteroatoms. The first kappa shape index (κ1) is 16.6. The van der Waals surface area contributed by atoms with Gasteiger partial charge in [-0.05, 0) is 18.6 Å². The molecule has 3 aliphatic rings. The van der Waals surface area contributed by atoms with Crippen LogP contribution in [-0.2, 0) is 4.74 Å². The summed E-state index contributed by atoms with van der Waals surface area (Å²) in [6.45, 7) is 9.40. The SMILES string of the molecule is CN=C(NC1C2CCOC2C1(C)C)N1CCN(c2ccccn2)CC1. The van der Waals surface area contributed by atoms with E-state index in [1.54, 1.807) is 0 Å². The first-order chi connectivity index (χ1) is 12.1. The maximum atomic E-state index is 5.91. The van der Waals surface area contributed by atoms with E-state index in [9.17, 15) is 0 Å². The molecule has 0 aromatic carbocycles. The van der Waals surface area contributed by atoms with Crippen LogP contribution in [0.25, 0.3) is 0 Å². The Bertz CT molecular complexity index is 624. The highest BCUT2D eigenvalue weighted by atomic mass is 16.5. The van der Waals surface area contributed by atoms with Crippen molar-refractivity contribution in [2.24, 2.45) is 16.3 Å². The van der Waals surface area contributed by atoms with Gasteiger partial charge >= 0.3 is 0 Å². The standard InChI is InChI=1S/C19H29N5O/c1-19(2)16(14-7-13-25-17(14)19)22-18(20-3)24-11-9-23(10-12-24)15-6-4-5-8-21-15/h4-6,8,14,16-17H,7,9-13H2,1-3H3,(H,20,22). The van der Waals surface area contributed by atoms with Gasteiger partial charge < -0.3 is 19.9 Å². The van der Waals surface area contributed by atoms with Crippen molar-refractivity contribution in [3.63, 3.8) is 0 Å². The molecular weight excluding hydrogens is 314 g/mol. The Morgan fingerprint density at radius 1 is 1.28 bits per heavy atom. The molecule has 0 spiro atoms. The largest absolute Gasteiger partial charge is 0.377 e. The number of nitrogens with zero attached hydrogens (tertiary/aromatic N) is 4. The highest BCUT2D eigenvalue weighted by Crippen LogP contribution is 2.52. The van der Waals surface area contributed by atoms with Gasteiger partial charge in [0.2, 0.25) is 0 Å². The van der Waals surface area contributed by atoms with Gasteiger partial charge in [0, 0.05) is 63.4 Å². The number of guanidine groups is 1. The minimum atomic E-state index is 0.173. The molecule has 0 radical (unpaired) electrons. The Morgan fingerprint density at radius 2 is 2.08 bits per heavy atom. The Labute approximate surface area is 150 Å². The fourth-order valence-corrected chi connectivity index (χ4v) is 4.74. The second-order valence-corrected chi connectivity index (χ2v) is 7.90. The normalized spacial score (nSPS) is 31.5. The summed E-state index contributed by atoms with van der Waals surface area (Å²) in [5, 5.41) is 3.75. The van der Waals surface area contributed by atoms with Crippen LogP contribution in [0.2, 0.25) is 0 Å². The summed E-state index contributed by atoms with van der Waals surface area (Å²) in [5.74, 6) is 2.72. The van der Waals surface area contributed by atoms with E-state index in [1.165, 1.54) is 0 Å². The average molecular weight is 343 g/mol. The van der Waals surface area contributed by atoms with E-state index in [2.05, 4.69) is 45.0 Å². The molecule has 2 saturated heterocycles.